The van der Waals surface area contributed by atoms with Gasteiger partial charge in [0, 0.05) is 41.8 Å². The first-order valence-corrected chi connectivity index (χ1v) is 11.3. The average molecular weight is 460 g/mol. The van der Waals surface area contributed by atoms with Gasteiger partial charge in [-0.2, -0.15) is 5.26 Å². The summed E-state index contributed by atoms with van der Waals surface area (Å²) in [5, 5.41) is 16.1. The first-order chi connectivity index (χ1) is 16.1. The second-order valence-electron chi connectivity index (χ2n) is 7.76. The lowest BCUT2D eigenvalue weighted by molar-refractivity contribution is 0.0936. The van der Waals surface area contributed by atoms with Gasteiger partial charge in [-0.1, -0.05) is 6.07 Å². The van der Waals surface area contributed by atoms with E-state index in [0.717, 1.165) is 34.5 Å². The van der Waals surface area contributed by atoms with E-state index < -0.39 is 0 Å². The van der Waals surface area contributed by atoms with Gasteiger partial charge in [-0.25, -0.2) is 9.97 Å². The molecule has 0 atom stereocenters. The Kier molecular flexibility index (Phi) is 5.73. The second-order valence-corrected chi connectivity index (χ2v) is 8.68. The van der Waals surface area contributed by atoms with Crippen LogP contribution in [0.15, 0.2) is 58.2 Å². The molecule has 3 heterocycles. The fourth-order valence-corrected chi connectivity index (χ4v) is 4.60. The molecule has 4 aromatic rings. The van der Waals surface area contributed by atoms with E-state index in [1.54, 1.807) is 31.3 Å². The van der Waals surface area contributed by atoms with E-state index in [9.17, 15) is 4.79 Å². The summed E-state index contributed by atoms with van der Waals surface area (Å²) in [6.07, 6.45) is 6.84. The van der Waals surface area contributed by atoms with Crippen LogP contribution in [0.2, 0.25) is 0 Å². The molecule has 4 N–H and O–H groups in total. The number of benzene rings is 1. The number of carbonyl (C=O) groups is 1. The summed E-state index contributed by atoms with van der Waals surface area (Å²) in [6, 6.07) is 12.3. The number of nitrogens with one attached hydrogen (secondary N) is 4. The van der Waals surface area contributed by atoms with Gasteiger partial charge in [0.25, 0.3) is 5.91 Å². The Hall–Kier alpha value is -3.81. The molecule has 9 nitrogen and oxygen atoms in total. The van der Waals surface area contributed by atoms with Crippen molar-refractivity contribution in [3.63, 3.8) is 0 Å². The maximum absolute atomic E-state index is 11.9. The first kappa shape index (κ1) is 21.1. The van der Waals surface area contributed by atoms with E-state index in [2.05, 4.69) is 36.4 Å². The van der Waals surface area contributed by atoms with Crippen LogP contribution in [0.25, 0.3) is 22.5 Å². The number of fused-ring (bicyclic) bond motifs is 1. The number of aromatic amines is 1. The summed E-state index contributed by atoms with van der Waals surface area (Å²) in [4.78, 5) is 24.8. The highest BCUT2D eigenvalue weighted by atomic mass is 32.2. The lowest BCUT2D eigenvalue weighted by Gasteiger charge is -2.37. The molecule has 0 saturated heterocycles. The predicted octanol–water partition coefficient (Wildman–Crippen LogP) is 3.69. The minimum atomic E-state index is -0.329. The quantitative estimate of drug-likeness (QED) is 0.308. The number of nitriles is 1. The fraction of sp³-hybridized carbons (Fsp3) is 0.217. The molecular formula is C23H21N7O2S. The molecule has 3 aromatic heterocycles. The molecule has 5 rings (SSSR count). The van der Waals surface area contributed by atoms with Crippen molar-refractivity contribution in [2.24, 2.45) is 0 Å². The smallest absolute Gasteiger partial charge is 0.288 e. The number of hydrogen-bond donors (Lipinski definition) is 4. The van der Waals surface area contributed by atoms with Crippen molar-refractivity contribution in [3.05, 3.63) is 60.2 Å². The number of pyridine rings is 1. The Labute approximate surface area is 194 Å². The molecule has 0 spiro atoms. The van der Waals surface area contributed by atoms with Crippen LogP contribution >= 0.6 is 11.9 Å². The Balaban J connectivity index is 1.29. The van der Waals surface area contributed by atoms with Gasteiger partial charge in [0.15, 0.2) is 0 Å². The predicted molar refractivity (Wildman–Crippen MR) is 126 cm³/mol. The van der Waals surface area contributed by atoms with Crippen molar-refractivity contribution in [2.45, 2.75) is 29.8 Å². The van der Waals surface area contributed by atoms with E-state index in [1.165, 1.54) is 6.20 Å². The summed E-state index contributed by atoms with van der Waals surface area (Å²) in [5.41, 5.74) is 3.00. The third kappa shape index (κ3) is 4.28. The van der Waals surface area contributed by atoms with Gasteiger partial charge in [0.2, 0.25) is 11.7 Å². The van der Waals surface area contributed by atoms with E-state index in [4.69, 9.17) is 9.68 Å². The number of rotatable bonds is 7. The van der Waals surface area contributed by atoms with Gasteiger partial charge in [-0.15, -0.1) is 0 Å². The summed E-state index contributed by atoms with van der Waals surface area (Å²) in [5.74, 6) is 0.163. The summed E-state index contributed by atoms with van der Waals surface area (Å²) < 4.78 is 9.17. The van der Waals surface area contributed by atoms with Gasteiger partial charge in [-0.3, -0.25) is 9.52 Å². The Morgan fingerprint density at radius 2 is 2.12 bits per heavy atom. The number of aromatic nitrogens is 3. The van der Waals surface area contributed by atoms with Crippen LogP contribution < -0.4 is 15.4 Å². The molecule has 10 heteroatoms. The third-order valence-electron chi connectivity index (χ3n) is 5.57. The standard InChI is InChI=1S/C23H21N7O2S/c1-25-22(31)19-12-28-23(32-19)18-11-27-21-17(5-6-26-21)20(18)29-14-8-15(9-14)30-33-16-4-2-3-13(7-16)10-24/h2-7,11-12,14-15,30H,8-9H2,1H3,(H,25,31)(H2,26,27,29)/t14-,15+. The molecular weight excluding hydrogens is 438 g/mol. The van der Waals surface area contributed by atoms with Crippen molar-refractivity contribution in [1.82, 2.24) is 25.0 Å². The Bertz CT molecular complexity index is 1350. The zero-order valence-corrected chi connectivity index (χ0v) is 18.6. The summed E-state index contributed by atoms with van der Waals surface area (Å²) in [7, 11) is 1.55. The van der Waals surface area contributed by atoms with E-state index in [1.807, 2.05) is 30.5 Å². The van der Waals surface area contributed by atoms with E-state index >= 15 is 0 Å². The molecule has 1 aliphatic carbocycles. The minimum Gasteiger partial charge on any atom is -0.431 e. The molecule has 0 aliphatic heterocycles. The molecule has 1 aliphatic rings. The highest BCUT2D eigenvalue weighted by Crippen LogP contribution is 2.36. The molecule has 1 saturated carbocycles. The Morgan fingerprint density at radius 3 is 2.94 bits per heavy atom. The molecule has 1 amide bonds. The molecule has 0 radical (unpaired) electrons. The Morgan fingerprint density at radius 1 is 1.24 bits per heavy atom. The van der Waals surface area contributed by atoms with E-state index in [0.29, 0.717) is 23.1 Å². The van der Waals surface area contributed by atoms with Crippen molar-refractivity contribution < 1.29 is 9.21 Å². The lowest BCUT2D eigenvalue weighted by atomic mass is 9.87. The molecule has 1 aromatic carbocycles. The van der Waals surface area contributed by atoms with Crippen LogP contribution in [0.1, 0.15) is 29.0 Å². The average Bonchev–Trinajstić information content (AvgIpc) is 3.50. The van der Waals surface area contributed by atoms with Crippen molar-refractivity contribution >= 4 is 34.6 Å². The maximum Gasteiger partial charge on any atom is 0.288 e. The summed E-state index contributed by atoms with van der Waals surface area (Å²) in [6.45, 7) is 0. The number of nitrogens with zero attached hydrogens (tertiary/aromatic N) is 3. The maximum atomic E-state index is 11.9. The number of oxazole rings is 1. The number of anilines is 1. The van der Waals surface area contributed by atoms with Gasteiger partial charge < -0.3 is 20.0 Å². The molecule has 0 bridgehead atoms. The van der Waals surface area contributed by atoms with Crippen molar-refractivity contribution in [2.75, 3.05) is 12.4 Å². The fourth-order valence-electron chi connectivity index (χ4n) is 3.77. The molecule has 33 heavy (non-hydrogen) atoms. The second kappa shape index (κ2) is 8.97. The highest BCUT2D eigenvalue weighted by Gasteiger charge is 2.30. The largest absolute Gasteiger partial charge is 0.431 e. The zero-order chi connectivity index (χ0) is 22.8. The molecule has 0 unspecified atom stereocenters. The number of hydrogen-bond acceptors (Lipinski definition) is 8. The first-order valence-electron chi connectivity index (χ1n) is 10.5. The number of carbonyl (C=O) groups excluding carboxylic acids is 1. The van der Waals surface area contributed by atoms with Crippen LogP contribution in [0.3, 0.4) is 0 Å². The summed E-state index contributed by atoms with van der Waals surface area (Å²) >= 11 is 1.55. The van der Waals surface area contributed by atoms with Gasteiger partial charge in [0.1, 0.15) is 5.65 Å². The van der Waals surface area contributed by atoms with Crippen LogP contribution in [0, 0.1) is 11.3 Å². The normalized spacial score (nSPS) is 17.3. The van der Waals surface area contributed by atoms with Crippen LogP contribution in [-0.2, 0) is 0 Å². The van der Waals surface area contributed by atoms with Crippen LogP contribution in [0.4, 0.5) is 5.69 Å². The van der Waals surface area contributed by atoms with Crippen molar-refractivity contribution in [1.29, 1.82) is 5.26 Å². The molecule has 1 fully saturated rings. The van der Waals surface area contributed by atoms with Crippen LogP contribution in [-0.4, -0.2) is 40.0 Å². The number of amides is 1. The topological polar surface area (TPSA) is 132 Å². The highest BCUT2D eigenvalue weighted by molar-refractivity contribution is 7.97. The van der Waals surface area contributed by atoms with Gasteiger partial charge >= 0.3 is 0 Å². The van der Waals surface area contributed by atoms with E-state index in [-0.39, 0.29) is 17.7 Å². The van der Waals surface area contributed by atoms with Gasteiger partial charge in [0.05, 0.1) is 29.1 Å². The van der Waals surface area contributed by atoms with Crippen molar-refractivity contribution in [3.8, 4) is 17.5 Å². The van der Waals surface area contributed by atoms with Crippen LogP contribution in [0.5, 0.6) is 0 Å². The van der Waals surface area contributed by atoms with Gasteiger partial charge in [-0.05, 0) is 49.1 Å². The zero-order valence-electron chi connectivity index (χ0n) is 17.8. The lowest BCUT2D eigenvalue weighted by Crippen LogP contribution is -2.45. The minimum absolute atomic E-state index is 0.151. The number of H-pyrrole nitrogens is 1. The molecule has 166 valence electrons. The third-order valence-corrected chi connectivity index (χ3v) is 6.51. The SMILES string of the molecule is CNC(=O)c1cnc(-c2cnc3[nH]ccc3c2N[C@H]2C[C@@H](NSc3cccc(C#N)c3)C2)o1. The monoisotopic (exact) mass is 459 g/mol.